The Morgan fingerprint density at radius 3 is 2.59 bits per heavy atom. The maximum atomic E-state index is 13.5. The van der Waals surface area contributed by atoms with E-state index in [1.54, 1.807) is 12.1 Å². The molecule has 1 aromatic heterocycles. The first kappa shape index (κ1) is 14.5. The zero-order valence-electron chi connectivity index (χ0n) is 11.3. The number of hydrogen-bond acceptors (Lipinski definition) is 1. The van der Waals surface area contributed by atoms with E-state index in [2.05, 4.69) is 10.3 Å². The van der Waals surface area contributed by atoms with Crippen molar-refractivity contribution in [3.05, 3.63) is 70.4 Å². The van der Waals surface area contributed by atoms with Gasteiger partial charge in [0.05, 0.1) is 6.54 Å². The Labute approximate surface area is 129 Å². The van der Waals surface area contributed by atoms with Crippen LogP contribution in [0.15, 0.2) is 42.5 Å². The second kappa shape index (κ2) is 5.77. The monoisotopic (exact) mass is 320 g/mol. The number of halogens is 3. The molecule has 22 heavy (non-hydrogen) atoms. The number of aromatic nitrogens is 1. The second-order valence-electron chi connectivity index (χ2n) is 4.81. The fourth-order valence-electron chi connectivity index (χ4n) is 2.24. The van der Waals surface area contributed by atoms with E-state index in [0.717, 1.165) is 23.0 Å². The maximum Gasteiger partial charge on any atom is 0.257 e. The van der Waals surface area contributed by atoms with Gasteiger partial charge >= 0.3 is 0 Å². The molecule has 0 saturated carbocycles. The Kier molecular flexibility index (Phi) is 3.81. The van der Waals surface area contributed by atoms with Crippen LogP contribution >= 0.6 is 11.6 Å². The summed E-state index contributed by atoms with van der Waals surface area (Å²) < 4.78 is 27.0. The van der Waals surface area contributed by atoms with Crippen LogP contribution in [0.2, 0.25) is 5.02 Å². The lowest BCUT2D eigenvalue weighted by Gasteiger charge is -2.05. The summed E-state index contributed by atoms with van der Waals surface area (Å²) in [4.78, 5) is 15.0. The Bertz CT molecular complexity index is 840. The summed E-state index contributed by atoms with van der Waals surface area (Å²) in [5, 5.41) is 3.99. The van der Waals surface area contributed by atoms with E-state index in [4.69, 9.17) is 11.6 Å². The zero-order chi connectivity index (χ0) is 15.7. The first-order valence-electron chi connectivity index (χ1n) is 6.54. The molecule has 0 fully saturated rings. The van der Waals surface area contributed by atoms with Gasteiger partial charge in [0, 0.05) is 21.6 Å². The van der Waals surface area contributed by atoms with Gasteiger partial charge in [0.2, 0.25) is 0 Å². The van der Waals surface area contributed by atoms with E-state index < -0.39 is 23.1 Å². The lowest BCUT2D eigenvalue weighted by Crippen LogP contribution is -2.25. The van der Waals surface area contributed by atoms with Crippen molar-refractivity contribution in [3.63, 3.8) is 0 Å². The third-order valence-corrected chi connectivity index (χ3v) is 3.50. The second-order valence-corrected chi connectivity index (χ2v) is 5.24. The predicted octanol–water partition coefficient (Wildman–Crippen LogP) is 4.03. The summed E-state index contributed by atoms with van der Waals surface area (Å²) >= 11 is 5.90. The van der Waals surface area contributed by atoms with E-state index >= 15 is 0 Å². The van der Waals surface area contributed by atoms with Crippen LogP contribution < -0.4 is 5.32 Å². The van der Waals surface area contributed by atoms with Crippen molar-refractivity contribution in [2.45, 2.75) is 6.54 Å². The number of H-pyrrole nitrogens is 1. The molecule has 0 aliphatic rings. The fraction of sp³-hybridized carbons (Fsp3) is 0.0625. The van der Waals surface area contributed by atoms with Crippen LogP contribution in [0.3, 0.4) is 0 Å². The molecule has 3 aromatic rings. The normalized spacial score (nSPS) is 10.9. The molecule has 3 rings (SSSR count). The lowest BCUT2D eigenvalue weighted by atomic mass is 10.2. The smallest absolute Gasteiger partial charge is 0.257 e. The molecule has 6 heteroatoms. The fourth-order valence-corrected chi connectivity index (χ4v) is 2.42. The van der Waals surface area contributed by atoms with Crippen LogP contribution in [-0.4, -0.2) is 10.9 Å². The standard InChI is InChI=1S/C16H11ClF2N2O/c17-10-4-5-14-9(6-10)7-11(21-14)8-20-16(22)15-12(18)2-1-3-13(15)19/h1-7,21H,8H2,(H,20,22). The van der Waals surface area contributed by atoms with E-state index in [1.807, 2.05) is 12.1 Å². The third kappa shape index (κ3) is 2.80. The highest BCUT2D eigenvalue weighted by Gasteiger charge is 2.16. The number of carbonyl (C=O) groups is 1. The number of hydrogen-bond donors (Lipinski definition) is 2. The molecule has 0 unspecified atom stereocenters. The Balaban J connectivity index is 1.77. The van der Waals surface area contributed by atoms with Gasteiger partial charge in [-0.2, -0.15) is 0 Å². The van der Waals surface area contributed by atoms with Crippen LogP contribution in [0.1, 0.15) is 16.1 Å². The quantitative estimate of drug-likeness (QED) is 0.752. The average Bonchev–Trinajstić information content (AvgIpc) is 2.87. The zero-order valence-corrected chi connectivity index (χ0v) is 12.0. The molecule has 0 aliphatic carbocycles. The molecule has 0 atom stereocenters. The minimum atomic E-state index is -0.888. The molecule has 112 valence electrons. The minimum absolute atomic E-state index is 0.124. The van der Waals surface area contributed by atoms with Gasteiger partial charge in [-0.05, 0) is 36.4 Å². The number of aromatic amines is 1. The van der Waals surface area contributed by atoms with E-state index in [1.165, 1.54) is 6.07 Å². The van der Waals surface area contributed by atoms with Crippen molar-refractivity contribution in [1.82, 2.24) is 10.3 Å². The molecule has 0 radical (unpaired) electrons. The van der Waals surface area contributed by atoms with Gasteiger partial charge in [0.1, 0.15) is 17.2 Å². The minimum Gasteiger partial charge on any atom is -0.357 e. The van der Waals surface area contributed by atoms with Crippen molar-refractivity contribution in [1.29, 1.82) is 0 Å². The van der Waals surface area contributed by atoms with E-state index in [9.17, 15) is 13.6 Å². The number of amides is 1. The molecule has 1 heterocycles. The lowest BCUT2D eigenvalue weighted by molar-refractivity contribution is 0.0942. The van der Waals surface area contributed by atoms with Gasteiger partial charge in [0.25, 0.3) is 5.91 Å². The summed E-state index contributed by atoms with van der Waals surface area (Å²) in [6.07, 6.45) is 0. The topological polar surface area (TPSA) is 44.9 Å². The summed E-state index contributed by atoms with van der Waals surface area (Å²) in [7, 11) is 0. The van der Waals surface area contributed by atoms with Crippen molar-refractivity contribution in [2.75, 3.05) is 0 Å². The van der Waals surface area contributed by atoms with Gasteiger partial charge in [-0.25, -0.2) is 8.78 Å². The number of carbonyl (C=O) groups excluding carboxylic acids is 1. The van der Waals surface area contributed by atoms with Crippen LogP contribution in [0, 0.1) is 11.6 Å². The van der Waals surface area contributed by atoms with Crippen LogP contribution in [0.5, 0.6) is 0 Å². The molecular weight excluding hydrogens is 310 g/mol. The largest absolute Gasteiger partial charge is 0.357 e. The molecule has 2 aromatic carbocycles. The molecule has 1 amide bonds. The highest BCUT2D eigenvalue weighted by Crippen LogP contribution is 2.20. The molecule has 2 N–H and O–H groups in total. The van der Waals surface area contributed by atoms with Gasteiger partial charge in [-0.15, -0.1) is 0 Å². The van der Waals surface area contributed by atoms with Crippen LogP contribution in [0.25, 0.3) is 10.9 Å². The maximum absolute atomic E-state index is 13.5. The Hall–Kier alpha value is -2.40. The molecule has 0 bridgehead atoms. The summed E-state index contributed by atoms with van der Waals surface area (Å²) in [5.41, 5.74) is 0.995. The van der Waals surface area contributed by atoms with Gasteiger partial charge < -0.3 is 10.3 Å². The van der Waals surface area contributed by atoms with Gasteiger partial charge in [-0.1, -0.05) is 17.7 Å². The van der Waals surface area contributed by atoms with Crippen molar-refractivity contribution in [3.8, 4) is 0 Å². The highest BCUT2D eigenvalue weighted by atomic mass is 35.5. The summed E-state index contributed by atoms with van der Waals surface area (Å²) in [6, 6.07) is 10.5. The predicted molar refractivity (Wildman–Crippen MR) is 80.8 cm³/mol. The third-order valence-electron chi connectivity index (χ3n) is 3.27. The molecule has 0 aliphatic heterocycles. The summed E-state index contributed by atoms with van der Waals surface area (Å²) in [6.45, 7) is 0.124. The van der Waals surface area contributed by atoms with Crippen molar-refractivity contribution >= 4 is 28.4 Å². The van der Waals surface area contributed by atoms with Crippen molar-refractivity contribution < 1.29 is 13.6 Å². The first-order valence-corrected chi connectivity index (χ1v) is 6.92. The Morgan fingerprint density at radius 1 is 1.14 bits per heavy atom. The number of benzene rings is 2. The number of nitrogens with one attached hydrogen (secondary N) is 2. The molecular formula is C16H11ClF2N2O. The Morgan fingerprint density at radius 2 is 1.86 bits per heavy atom. The molecule has 0 spiro atoms. The first-order chi connectivity index (χ1) is 10.5. The van der Waals surface area contributed by atoms with E-state index in [-0.39, 0.29) is 6.54 Å². The van der Waals surface area contributed by atoms with E-state index in [0.29, 0.717) is 10.7 Å². The molecule has 0 saturated heterocycles. The van der Waals surface area contributed by atoms with Gasteiger partial charge in [-0.3, -0.25) is 4.79 Å². The molecule has 3 nitrogen and oxygen atoms in total. The highest BCUT2D eigenvalue weighted by molar-refractivity contribution is 6.31. The van der Waals surface area contributed by atoms with Gasteiger partial charge in [0.15, 0.2) is 0 Å². The number of fused-ring (bicyclic) bond motifs is 1. The SMILES string of the molecule is O=C(NCc1cc2cc(Cl)ccc2[nH]1)c1c(F)cccc1F. The van der Waals surface area contributed by atoms with Crippen LogP contribution in [0.4, 0.5) is 8.78 Å². The number of rotatable bonds is 3. The summed E-state index contributed by atoms with van der Waals surface area (Å²) in [5.74, 6) is -2.57. The average molecular weight is 321 g/mol. The van der Waals surface area contributed by atoms with Crippen LogP contribution in [-0.2, 0) is 6.54 Å². The van der Waals surface area contributed by atoms with Crippen molar-refractivity contribution in [2.24, 2.45) is 0 Å².